The molecule has 0 heterocycles. The Morgan fingerprint density at radius 1 is 0.509 bits per heavy atom. The molecule has 2 atom stereocenters. The van der Waals surface area contributed by atoms with E-state index in [2.05, 4.69) is 100 Å². The summed E-state index contributed by atoms with van der Waals surface area (Å²) >= 11 is 0. The van der Waals surface area contributed by atoms with Gasteiger partial charge in [0.2, 0.25) is 0 Å². The standard InChI is InChI=1S/C52H64N2O3/c1-5-9-37-11-15-39(16-12-37)43-23-29-49(45(33-43)35-53)51(41-19-25-47(26-20-41)55-31-7-3)57-52(42-21-27-48(28-22-42)56-32-8-4)50-30-24-44(34-46(50)36-54)40-17-13-38(10-6-2)14-18-40/h19-30,33-34,37-40,51-52H,5-18,31-32H2,1-4H3. The molecule has 2 saturated carbocycles. The maximum Gasteiger partial charge on any atom is 0.119 e. The number of hydrogen-bond donors (Lipinski definition) is 0. The molecule has 5 heteroatoms. The lowest BCUT2D eigenvalue weighted by molar-refractivity contribution is 0.0305. The zero-order chi connectivity index (χ0) is 40.0. The molecule has 300 valence electrons. The van der Waals surface area contributed by atoms with Crippen LogP contribution in [0.3, 0.4) is 0 Å². The summed E-state index contributed by atoms with van der Waals surface area (Å²) in [6.07, 6.45) is 15.5. The van der Waals surface area contributed by atoms with Crippen molar-refractivity contribution in [1.82, 2.24) is 0 Å². The minimum absolute atomic E-state index is 0.466. The monoisotopic (exact) mass is 764 g/mol. The van der Waals surface area contributed by atoms with E-state index in [0.717, 1.165) is 58.4 Å². The van der Waals surface area contributed by atoms with Crippen molar-refractivity contribution < 1.29 is 14.2 Å². The van der Waals surface area contributed by atoms with Crippen molar-refractivity contribution in [3.63, 3.8) is 0 Å². The van der Waals surface area contributed by atoms with Gasteiger partial charge in [-0.3, -0.25) is 0 Å². The Hall–Kier alpha value is -4.58. The van der Waals surface area contributed by atoms with E-state index in [-0.39, 0.29) is 0 Å². The normalized spacial score (nSPS) is 20.5. The highest BCUT2D eigenvalue weighted by molar-refractivity contribution is 5.49. The van der Waals surface area contributed by atoms with Crippen LogP contribution in [0.5, 0.6) is 11.5 Å². The van der Waals surface area contributed by atoms with Crippen molar-refractivity contribution in [2.75, 3.05) is 13.2 Å². The quantitative estimate of drug-likeness (QED) is 0.101. The van der Waals surface area contributed by atoms with Crippen LogP contribution in [0.2, 0.25) is 0 Å². The second-order valence-electron chi connectivity index (χ2n) is 16.7. The lowest BCUT2D eigenvalue weighted by Gasteiger charge is -2.31. The first-order valence-corrected chi connectivity index (χ1v) is 22.2. The van der Waals surface area contributed by atoms with Gasteiger partial charge < -0.3 is 14.2 Å². The highest BCUT2D eigenvalue weighted by atomic mass is 16.5. The SMILES string of the molecule is CCCOc1ccc(C(OC(c2ccc(OCCC)cc2)c2ccc(C3CCC(CCC)CC3)cc2C#N)c2ccc(C3CCC(CCC)CC3)cc2C#N)cc1. The molecule has 0 N–H and O–H groups in total. The third-order valence-electron chi connectivity index (χ3n) is 12.6. The van der Waals surface area contributed by atoms with Crippen molar-refractivity contribution in [2.45, 2.75) is 142 Å². The van der Waals surface area contributed by atoms with Crippen LogP contribution in [0.15, 0.2) is 84.9 Å². The van der Waals surface area contributed by atoms with Gasteiger partial charge in [-0.05, 0) is 147 Å². The topological polar surface area (TPSA) is 75.3 Å². The van der Waals surface area contributed by atoms with Crippen LogP contribution in [0.1, 0.15) is 186 Å². The Balaban J connectivity index is 1.40. The number of benzene rings is 4. The van der Waals surface area contributed by atoms with Gasteiger partial charge >= 0.3 is 0 Å². The number of rotatable bonds is 18. The van der Waals surface area contributed by atoms with Gasteiger partial charge in [-0.25, -0.2) is 0 Å². The molecular weight excluding hydrogens is 701 g/mol. The molecule has 2 fully saturated rings. The number of hydrogen-bond acceptors (Lipinski definition) is 5. The first kappa shape index (κ1) is 42.0. The predicted octanol–water partition coefficient (Wildman–Crippen LogP) is 14.1. The van der Waals surface area contributed by atoms with Crippen LogP contribution in [-0.4, -0.2) is 13.2 Å². The second kappa shape index (κ2) is 21.3. The maximum absolute atomic E-state index is 10.8. The molecule has 0 amide bonds. The summed E-state index contributed by atoms with van der Waals surface area (Å²) in [5.74, 6) is 4.18. The predicted molar refractivity (Wildman–Crippen MR) is 231 cm³/mol. The van der Waals surface area contributed by atoms with Crippen molar-refractivity contribution in [1.29, 1.82) is 10.5 Å². The minimum atomic E-state index is -0.588. The van der Waals surface area contributed by atoms with Gasteiger partial charge in [-0.15, -0.1) is 0 Å². The summed E-state index contributed by atoms with van der Waals surface area (Å²) < 4.78 is 19.3. The van der Waals surface area contributed by atoms with Gasteiger partial charge in [-0.2, -0.15) is 10.5 Å². The van der Waals surface area contributed by atoms with E-state index in [9.17, 15) is 10.5 Å². The largest absolute Gasteiger partial charge is 0.494 e. The van der Waals surface area contributed by atoms with Gasteiger partial charge in [0.05, 0.1) is 36.5 Å². The molecular formula is C52H64N2O3. The summed E-state index contributed by atoms with van der Waals surface area (Å²) in [6, 6.07) is 34.3. The van der Waals surface area contributed by atoms with Crippen LogP contribution < -0.4 is 9.47 Å². The van der Waals surface area contributed by atoms with E-state index in [0.29, 0.717) is 36.2 Å². The molecule has 0 aliphatic heterocycles. The van der Waals surface area contributed by atoms with Gasteiger partial charge in [0, 0.05) is 11.1 Å². The van der Waals surface area contributed by atoms with Gasteiger partial charge in [-0.1, -0.05) is 102 Å². The second-order valence-corrected chi connectivity index (χ2v) is 16.7. The molecule has 0 aromatic heterocycles. The molecule has 4 aromatic rings. The summed E-state index contributed by atoms with van der Waals surface area (Å²) in [7, 11) is 0. The van der Waals surface area contributed by atoms with Crippen molar-refractivity contribution >= 4 is 0 Å². The average molecular weight is 765 g/mol. The highest BCUT2D eigenvalue weighted by Crippen LogP contribution is 2.43. The molecule has 6 rings (SSSR count). The molecule has 0 radical (unpaired) electrons. The van der Waals surface area contributed by atoms with E-state index < -0.39 is 12.2 Å². The molecule has 2 aliphatic rings. The van der Waals surface area contributed by atoms with E-state index in [4.69, 9.17) is 14.2 Å². The molecule has 0 saturated heterocycles. The Kier molecular flexibility index (Phi) is 15.7. The summed E-state index contributed by atoms with van der Waals surface area (Å²) in [5.41, 5.74) is 7.28. The number of ether oxygens (including phenoxy) is 3. The molecule has 57 heavy (non-hydrogen) atoms. The fourth-order valence-corrected chi connectivity index (χ4v) is 9.41. The zero-order valence-corrected chi connectivity index (χ0v) is 35.0. The van der Waals surface area contributed by atoms with Gasteiger partial charge in [0.15, 0.2) is 0 Å². The molecule has 0 spiro atoms. The van der Waals surface area contributed by atoms with Crippen LogP contribution in [0.25, 0.3) is 0 Å². The van der Waals surface area contributed by atoms with E-state index in [1.807, 2.05) is 24.3 Å². The number of nitrogens with zero attached hydrogens (tertiary/aromatic N) is 2. The van der Waals surface area contributed by atoms with E-state index in [1.54, 1.807) is 0 Å². The lowest BCUT2D eigenvalue weighted by atomic mass is 9.76. The third-order valence-corrected chi connectivity index (χ3v) is 12.6. The van der Waals surface area contributed by atoms with Gasteiger partial charge in [0.1, 0.15) is 23.7 Å². The Morgan fingerprint density at radius 3 is 1.23 bits per heavy atom. The first-order chi connectivity index (χ1) is 28.0. The average Bonchev–Trinajstić information content (AvgIpc) is 3.26. The third kappa shape index (κ3) is 10.9. The molecule has 2 unspecified atom stereocenters. The Labute approximate surface area is 343 Å². The summed E-state index contributed by atoms with van der Waals surface area (Å²) in [5, 5.41) is 21.5. The summed E-state index contributed by atoms with van der Waals surface area (Å²) in [4.78, 5) is 0. The van der Waals surface area contributed by atoms with Crippen molar-refractivity contribution in [3.05, 3.63) is 129 Å². The Bertz CT molecular complexity index is 1780. The van der Waals surface area contributed by atoms with Crippen molar-refractivity contribution in [3.8, 4) is 23.6 Å². The first-order valence-electron chi connectivity index (χ1n) is 22.2. The minimum Gasteiger partial charge on any atom is -0.494 e. The van der Waals surface area contributed by atoms with Crippen LogP contribution in [0.4, 0.5) is 0 Å². The molecule has 0 bridgehead atoms. The van der Waals surface area contributed by atoms with E-state index >= 15 is 0 Å². The fourth-order valence-electron chi connectivity index (χ4n) is 9.41. The number of nitriles is 2. The highest BCUT2D eigenvalue weighted by Gasteiger charge is 2.30. The summed E-state index contributed by atoms with van der Waals surface area (Å²) in [6.45, 7) is 10.1. The lowest BCUT2D eigenvalue weighted by Crippen LogP contribution is -2.17. The fraction of sp³-hybridized carbons (Fsp3) is 0.500. The zero-order valence-electron chi connectivity index (χ0n) is 35.0. The van der Waals surface area contributed by atoms with Crippen LogP contribution >= 0.6 is 0 Å². The maximum atomic E-state index is 10.8. The molecule has 4 aromatic carbocycles. The molecule has 2 aliphatic carbocycles. The smallest absolute Gasteiger partial charge is 0.119 e. The van der Waals surface area contributed by atoms with Crippen LogP contribution in [-0.2, 0) is 4.74 Å². The van der Waals surface area contributed by atoms with Gasteiger partial charge in [0.25, 0.3) is 0 Å². The van der Waals surface area contributed by atoms with Crippen molar-refractivity contribution in [2.24, 2.45) is 11.8 Å². The Morgan fingerprint density at radius 2 is 0.895 bits per heavy atom. The van der Waals surface area contributed by atoms with Crippen LogP contribution in [0, 0.1) is 34.5 Å². The molecule has 5 nitrogen and oxygen atoms in total. The van der Waals surface area contributed by atoms with E-state index in [1.165, 1.54) is 88.2 Å².